The molecule has 2 N–H and O–H groups in total. The van der Waals surface area contributed by atoms with Crippen molar-refractivity contribution in [3.05, 3.63) is 66.7 Å². The third kappa shape index (κ3) is 4.61. The predicted octanol–water partition coefficient (Wildman–Crippen LogP) is 2.55. The van der Waals surface area contributed by atoms with Gasteiger partial charge in [0.25, 0.3) is 15.9 Å². The zero-order valence-corrected chi connectivity index (χ0v) is 16.4. The Labute approximate surface area is 167 Å². The second-order valence-electron chi connectivity index (χ2n) is 5.71. The van der Waals surface area contributed by atoms with Crippen LogP contribution in [0, 0.1) is 0 Å². The molecule has 3 rings (SSSR count). The second-order valence-corrected chi connectivity index (χ2v) is 7.40. The summed E-state index contributed by atoms with van der Waals surface area (Å²) in [6.07, 6.45) is 4.11. The van der Waals surface area contributed by atoms with Gasteiger partial charge in [-0.25, -0.2) is 13.4 Å². The number of hydrogen-bond donors (Lipinski definition) is 2. The van der Waals surface area contributed by atoms with E-state index in [0.29, 0.717) is 11.5 Å². The van der Waals surface area contributed by atoms with Gasteiger partial charge in [-0.15, -0.1) is 0 Å². The van der Waals surface area contributed by atoms with Crippen molar-refractivity contribution < 1.29 is 22.7 Å². The number of para-hydroxylation sites is 2. The van der Waals surface area contributed by atoms with Crippen molar-refractivity contribution >= 4 is 27.3 Å². The van der Waals surface area contributed by atoms with Crippen LogP contribution in [0.15, 0.2) is 66.0 Å². The Morgan fingerprint density at radius 2 is 1.69 bits per heavy atom. The monoisotopic (exact) mass is 414 g/mol. The zero-order valence-electron chi connectivity index (χ0n) is 15.6. The van der Waals surface area contributed by atoms with Crippen LogP contribution >= 0.6 is 0 Å². The Hall–Kier alpha value is -3.66. The van der Waals surface area contributed by atoms with E-state index in [0.717, 1.165) is 0 Å². The van der Waals surface area contributed by atoms with Crippen LogP contribution < -0.4 is 19.5 Å². The van der Waals surface area contributed by atoms with Gasteiger partial charge in [-0.3, -0.25) is 14.5 Å². The minimum atomic E-state index is -3.96. The molecule has 1 amide bonds. The quantitative estimate of drug-likeness (QED) is 0.610. The van der Waals surface area contributed by atoms with Crippen LogP contribution in [-0.2, 0) is 10.0 Å². The van der Waals surface area contributed by atoms with Crippen molar-refractivity contribution in [1.29, 1.82) is 0 Å². The number of amides is 1. The number of rotatable bonds is 7. The molecular weight excluding hydrogens is 396 g/mol. The molecule has 0 bridgehead atoms. The Morgan fingerprint density at radius 3 is 2.38 bits per heavy atom. The fourth-order valence-electron chi connectivity index (χ4n) is 2.49. The number of carbonyl (C=O) groups is 1. The lowest BCUT2D eigenvalue weighted by Crippen LogP contribution is -2.17. The molecule has 1 aromatic heterocycles. The molecule has 150 valence electrons. The van der Waals surface area contributed by atoms with E-state index in [1.54, 1.807) is 24.3 Å². The first-order valence-electron chi connectivity index (χ1n) is 8.36. The SMILES string of the molecule is COc1ccc(S(=O)(=O)Nc2ccccc2OC)cc1NC(=O)c1cnccn1. The topological polar surface area (TPSA) is 120 Å². The lowest BCUT2D eigenvalue weighted by Gasteiger charge is -2.14. The molecule has 0 radical (unpaired) electrons. The predicted molar refractivity (Wildman–Crippen MR) is 107 cm³/mol. The average Bonchev–Trinajstić information content (AvgIpc) is 2.74. The molecule has 0 saturated carbocycles. The van der Waals surface area contributed by atoms with Gasteiger partial charge < -0.3 is 14.8 Å². The van der Waals surface area contributed by atoms with Crippen molar-refractivity contribution in [3.63, 3.8) is 0 Å². The standard InChI is InChI=1S/C19H18N4O5S/c1-27-17-6-4-3-5-14(17)23-29(25,26)13-7-8-18(28-2)15(11-13)22-19(24)16-12-20-9-10-21-16/h3-12,23H,1-2H3,(H,22,24). The molecule has 1 heterocycles. The summed E-state index contributed by atoms with van der Waals surface area (Å²) in [5.74, 6) is 0.114. The summed E-state index contributed by atoms with van der Waals surface area (Å²) in [5, 5.41) is 2.59. The fourth-order valence-corrected chi connectivity index (χ4v) is 3.58. The Kier molecular flexibility index (Phi) is 5.93. The van der Waals surface area contributed by atoms with Crippen LogP contribution in [0.3, 0.4) is 0 Å². The molecule has 9 nitrogen and oxygen atoms in total. The first-order valence-corrected chi connectivity index (χ1v) is 9.84. The molecule has 0 atom stereocenters. The largest absolute Gasteiger partial charge is 0.495 e. The number of carbonyl (C=O) groups excluding carboxylic acids is 1. The number of hydrogen-bond acceptors (Lipinski definition) is 7. The van der Waals surface area contributed by atoms with Crippen LogP contribution in [0.4, 0.5) is 11.4 Å². The summed E-state index contributed by atoms with van der Waals surface area (Å²) in [5.41, 5.74) is 0.539. The van der Waals surface area contributed by atoms with Crippen LogP contribution in [0.2, 0.25) is 0 Å². The molecule has 0 aliphatic heterocycles. The molecule has 0 aliphatic rings. The van der Waals surface area contributed by atoms with Gasteiger partial charge in [0.15, 0.2) is 0 Å². The van der Waals surface area contributed by atoms with Crippen LogP contribution in [0.5, 0.6) is 11.5 Å². The maximum atomic E-state index is 12.8. The van der Waals surface area contributed by atoms with E-state index >= 15 is 0 Å². The van der Waals surface area contributed by atoms with Gasteiger partial charge >= 0.3 is 0 Å². The minimum absolute atomic E-state index is 0.0707. The van der Waals surface area contributed by atoms with E-state index < -0.39 is 15.9 Å². The lowest BCUT2D eigenvalue weighted by molar-refractivity contribution is 0.102. The van der Waals surface area contributed by atoms with Gasteiger partial charge in [0.2, 0.25) is 0 Å². The van der Waals surface area contributed by atoms with Crippen LogP contribution in [0.25, 0.3) is 0 Å². The Balaban J connectivity index is 1.92. The number of ether oxygens (including phenoxy) is 2. The van der Waals surface area contributed by atoms with Crippen molar-refractivity contribution in [1.82, 2.24) is 9.97 Å². The average molecular weight is 414 g/mol. The molecular formula is C19H18N4O5S. The summed E-state index contributed by atoms with van der Waals surface area (Å²) in [6.45, 7) is 0. The third-order valence-corrected chi connectivity index (χ3v) is 5.24. The van der Waals surface area contributed by atoms with E-state index in [9.17, 15) is 13.2 Å². The van der Waals surface area contributed by atoms with Gasteiger partial charge in [0.05, 0.1) is 36.7 Å². The zero-order chi connectivity index (χ0) is 20.9. The first kappa shape index (κ1) is 20.1. The fraction of sp³-hybridized carbons (Fsp3) is 0.105. The number of benzene rings is 2. The highest BCUT2D eigenvalue weighted by Crippen LogP contribution is 2.30. The molecule has 10 heteroatoms. The highest BCUT2D eigenvalue weighted by atomic mass is 32.2. The highest BCUT2D eigenvalue weighted by Gasteiger charge is 2.20. The van der Waals surface area contributed by atoms with Crippen LogP contribution in [-0.4, -0.2) is 38.5 Å². The van der Waals surface area contributed by atoms with Gasteiger partial charge in [0.1, 0.15) is 17.2 Å². The summed E-state index contributed by atoms with van der Waals surface area (Å²) < 4.78 is 38.5. The molecule has 3 aromatic rings. The van der Waals surface area contributed by atoms with Crippen molar-refractivity contribution in [2.45, 2.75) is 4.90 Å². The number of nitrogens with one attached hydrogen (secondary N) is 2. The van der Waals surface area contributed by atoms with E-state index in [4.69, 9.17) is 9.47 Å². The maximum Gasteiger partial charge on any atom is 0.275 e. The third-order valence-electron chi connectivity index (χ3n) is 3.88. The maximum absolute atomic E-state index is 12.8. The van der Waals surface area contributed by atoms with E-state index in [1.807, 2.05) is 0 Å². The Bertz CT molecular complexity index is 1120. The highest BCUT2D eigenvalue weighted by molar-refractivity contribution is 7.92. The van der Waals surface area contributed by atoms with E-state index in [2.05, 4.69) is 20.0 Å². The van der Waals surface area contributed by atoms with Crippen molar-refractivity contribution in [2.75, 3.05) is 24.3 Å². The number of nitrogens with zero attached hydrogens (tertiary/aromatic N) is 2. The summed E-state index contributed by atoms with van der Waals surface area (Å²) in [6, 6.07) is 10.7. The number of methoxy groups -OCH3 is 2. The van der Waals surface area contributed by atoms with E-state index in [-0.39, 0.29) is 22.0 Å². The smallest absolute Gasteiger partial charge is 0.275 e. The molecule has 0 fully saturated rings. The Morgan fingerprint density at radius 1 is 0.966 bits per heavy atom. The van der Waals surface area contributed by atoms with Crippen molar-refractivity contribution in [3.8, 4) is 11.5 Å². The number of anilines is 2. The summed E-state index contributed by atoms with van der Waals surface area (Å²) >= 11 is 0. The normalized spacial score (nSPS) is 10.8. The first-order chi connectivity index (χ1) is 13.9. The molecule has 0 spiro atoms. The molecule has 29 heavy (non-hydrogen) atoms. The van der Waals surface area contributed by atoms with Gasteiger partial charge in [-0.2, -0.15) is 0 Å². The van der Waals surface area contributed by atoms with E-state index in [1.165, 1.54) is 51.0 Å². The molecule has 2 aromatic carbocycles. The molecule has 0 aliphatic carbocycles. The van der Waals surface area contributed by atoms with Gasteiger partial charge in [-0.1, -0.05) is 12.1 Å². The van der Waals surface area contributed by atoms with Crippen LogP contribution in [0.1, 0.15) is 10.5 Å². The summed E-state index contributed by atoms with van der Waals surface area (Å²) in [4.78, 5) is 20.1. The number of aromatic nitrogens is 2. The van der Waals surface area contributed by atoms with Crippen molar-refractivity contribution in [2.24, 2.45) is 0 Å². The summed E-state index contributed by atoms with van der Waals surface area (Å²) in [7, 11) is -1.10. The van der Waals surface area contributed by atoms with Gasteiger partial charge in [-0.05, 0) is 30.3 Å². The lowest BCUT2D eigenvalue weighted by atomic mass is 10.2. The second kappa shape index (κ2) is 8.57. The number of sulfonamides is 1. The molecule has 0 saturated heterocycles. The van der Waals surface area contributed by atoms with Gasteiger partial charge in [0, 0.05) is 12.4 Å². The minimum Gasteiger partial charge on any atom is -0.495 e. The molecule has 0 unspecified atom stereocenters.